The van der Waals surface area contributed by atoms with E-state index >= 15 is 0 Å². The summed E-state index contributed by atoms with van der Waals surface area (Å²) >= 11 is 5.66. The molecule has 0 unspecified atom stereocenters. The Bertz CT molecular complexity index is 418. The van der Waals surface area contributed by atoms with Crippen LogP contribution in [0.4, 0.5) is 0 Å². The number of ether oxygens (including phenoxy) is 1. The molecule has 0 aliphatic carbocycles. The molecule has 1 rings (SSSR count). The van der Waals surface area contributed by atoms with Crippen LogP contribution < -0.4 is 4.74 Å². The first-order valence-electron chi connectivity index (χ1n) is 4.67. The number of rotatable bonds is 5. The Labute approximate surface area is 98.5 Å². The molecule has 4 nitrogen and oxygen atoms in total. The topological polar surface area (TPSA) is 59.4 Å². The minimum Gasteiger partial charge on any atom is -0.477 e. The largest absolute Gasteiger partial charge is 0.477 e. The Morgan fingerprint density at radius 1 is 1.62 bits per heavy atom. The lowest BCUT2D eigenvalue weighted by Gasteiger charge is -2.06. The zero-order valence-corrected chi connectivity index (χ0v) is 9.62. The molecular weight excluding hydrogens is 230 g/mol. The minimum atomic E-state index is -1.17. The van der Waals surface area contributed by atoms with Crippen LogP contribution in [0, 0.1) is 0 Å². The molecule has 0 aliphatic heterocycles. The summed E-state index contributed by atoms with van der Waals surface area (Å²) in [5.41, 5.74) is 0.793. The Balaban J connectivity index is 2.71. The molecule has 0 amide bonds. The van der Waals surface area contributed by atoms with Crippen LogP contribution in [0.25, 0.3) is 0 Å². The second-order valence-corrected chi connectivity index (χ2v) is 3.75. The maximum Gasteiger partial charge on any atom is 0.356 e. The van der Waals surface area contributed by atoms with Crippen molar-refractivity contribution in [3.63, 3.8) is 0 Å². The molecule has 0 bridgehead atoms. The van der Waals surface area contributed by atoms with E-state index in [2.05, 4.69) is 11.6 Å². The maximum absolute atomic E-state index is 10.7. The number of nitrogens with zero attached hydrogens (tertiary/aromatic N) is 1. The summed E-state index contributed by atoms with van der Waals surface area (Å²) in [7, 11) is 0. The summed E-state index contributed by atoms with van der Waals surface area (Å²) in [5.74, 6) is -0.918. The van der Waals surface area contributed by atoms with Crippen LogP contribution in [-0.2, 0) is 0 Å². The molecule has 0 atom stereocenters. The Morgan fingerprint density at radius 2 is 2.31 bits per heavy atom. The number of halogens is 1. The lowest BCUT2D eigenvalue weighted by atomic mass is 10.3. The van der Waals surface area contributed by atoms with Crippen molar-refractivity contribution in [1.29, 1.82) is 0 Å². The van der Waals surface area contributed by atoms with Crippen LogP contribution in [-0.4, -0.2) is 22.7 Å². The van der Waals surface area contributed by atoms with Gasteiger partial charge in [0.15, 0.2) is 5.69 Å². The van der Waals surface area contributed by atoms with E-state index in [1.165, 1.54) is 12.1 Å². The average Bonchev–Trinajstić information content (AvgIpc) is 2.19. The van der Waals surface area contributed by atoms with E-state index in [1.54, 1.807) is 0 Å². The zero-order chi connectivity index (χ0) is 12.1. The highest BCUT2D eigenvalue weighted by molar-refractivity contribution is 6.33. The lowest BCUT2D eigenvalue weighted by molar-refractivity contribution is 0.0689. The van der Waals surface area contributed by atoms with E-state index in [1.807, 2.05) is 6.92 Å². The predicted octanol–water partition coefficient (Wildman–Crippen LogP) is 2.78. The molecule has 0 saturated heterocycles. The SMILES string of the molecule is C=C(C)CCOc1ccc(Cl)c(C(=O)O)n1. The normalized spacial score (nSPS) is 9.88. The number of carboxylic acid groups (broad SMARTS) is 1. The summed E-state index contributed by atoms with van der Waals surface area (Å²) in [6.45, 7) is 6.04. The minimum absolute atomic E-state index is 0.0970. The summed E-state index contributed by atoms with van der Waals surface area (Å²) < 4.78 is 5.27. The van der Waals surface area contributed by atoms with E-state index in [0.717, 1.165) is 5.57 Å². The van der Waals surface area contributed by atoms with E-state index in [9.17, 15) is 4.79 Å². The summed E-state index contributed by atoms with van der Waals surface area (Å²) in [4.78, 5) is 14.5. The first-order valence-corrected chi connectivity index (χ1v) is 5.05. The number of carboxylic acids is 1. The van der Waals surface area contributed by atoms with Crippen molar-refractivity contribution in [2.75, 3.05) is 6.61 Å². The highest BCUT2D eigenvalue weighted by atomic mass is 35.5. The van der Waals surface area contributed by atoms with Crippen LogP contribution in [0.15, 0.2) is 24.3 Å². The van der Waals surface area contributed by atoms with Crippen LogP contribution in [0.3, 0.4) is 0 Å². The second-order valence-electron chi connectivity index (χ2n) is 3.34. The van der Waals surface area contributed by atoms with Crippen molar-refractivity contribution >= 4 is 17.6 Å². The number of hydrogen-bond donors (Lipinski definition) is 1. The second kappa shape index (κ2) is 5.51. The summed E-state index contributed by atoms with van der Waals surface area (Å²) in [5, 5.41) is 8.88. The fourth-order valence-electron chi connectivity index (χ4n) is 0.984. The van der Waals surface area contributed by atoms with Crippen molar-refractivity contribution < 1.29 is 14.6 Å². The number of pyridine rings is 1. The molecular formula is C11H12ClNO3. The predicted molar refractivity (Wildman–Crippen MR) is 61.1 cm³/mol. The molecule has 1 heterocycles. The molecule has 0 saturated carbocycles. The molecule has 1 N–H and O–H groups in total. The van der Waals surface area contributed by atoms with Gasteiger partial charge in [0.25, 0.3) is 0 Å². The van der Waals surface area contributed by atoms with Crippen LogP contribution in [0.2, 0.25) is 5.02 Å². The van der Waals surface area contributed by atoms with E-state index < -0.39 is 5.97 Å². The van der Waals surface area contributed by atoms with E-state index in [4.69, 9.17) is 21.4 Å². The summed E-state index contributed by atoms with van der Waals surface area (Å²) in [6, 6.07) is 2.99. The molecule has 86 valence electrons. The van der Waals surface area contributed by atoms with Gasteiger partial charge in [-0.15, -0.1) is 6.58 Å². The van der Waals surface area contributed by atoms with Crippen molar-refractivity contribution in [2.24, 2.45) is 0 Å². The van der Waals surface area contributed by atoms with Gasteiger partial charge in [0.2, 0.25) is 5.88 Å². The quantitative estimate of drug-likeness (QED) is 0.806. The molecule has 0 radical (unpaired) electrons. The fourth-order valence-corrected chi connectivity index (χ4v) is 1.17. The van der Waals surface area contributed by atoms with Gasteiger partial charge in [0.1, 0.15) is 0 Å². The maximum atomic E-state index is 10.7. The van der Waals surface area contributed by atoms with Crippen molar-refractivity contribution in [3.8, 4) is 5.88 Å². The first kappa shape index (κ1) is 12.5. The molecule has 0 aliphatic rings. The van der Waals surface area contributed by atoms with Gasteiger partial charge < -0.3 is 9.84 Å². The Hall–Kier alpha value is -1.55. The standard InChI is InChI=1S/C11H12ClNO3/c1-7(2)5-6-16-9-4-3-8(12)10(13-9)11(14)15/h3-4H,1,5-6H2,2H3,(H,14,15). The number of hydrogen-bond acceptors (Lipinski definition) is 3. The molecule has 5 heteroatoms. The van der Waals surface area contributed by atoms with Gasteiger partial charge >= 0.3 is 5.97 Å². The number of aromatic nitrogens is 1. The van der Waals surface area contributed by atoms with Gasteiger partial charge in [-0.2, -0.15) is 0 Å². The Kier molecular flexibility index (Phi) is 4.31. The third kappa shape index (κ3) is 3.55. The molecule has 1 aromatic rings. The number of aromatic carboxylic acids is 1. The smallest absolute Gasteiger partial charge is 0.356 e. The molecule has 16 heavy (non-hydrogen) atoms. The van der Waals surface area contributed by atoms with Gasteiger partial charge in [-0.25, -0.2) is 9.78 Å². The van der Waals surface area contributed by atoms with Crippen molar-refractivity contribution in [3.05, 3.63) is 35.0 Å². The van der Waals surface area contributed by atoms with Gasteiger partial charge in [0.05, 0.1) is 11.6 Å². The van der Waals surface area contributed by atoms with Crippen LogP contribution in [0.1, 0.15) is 23.8 Å². The van der Waals surface area contributed by atoms with Gasteiger partial charge in [-0.3, -0.25) is 0 Å². The highest BCUT2D eigenvalue weighted by Gasteiger charge is 2.11. The van der Waals surface area contributed by atoms with Crippen molar-refractivity contribution in [1.82, 2.24) is 4.98 Å². The van der Waals surface area contributed by atoms with E-state index in [-0.39, 0.29) is 16.6 Å². The van der Waals surface area contributed by atoms with Crippen LogP contribution in [0.5, 0.6) is 5.88 Å². The third-order valence-corrected chi connectivity index (χ3v) is 2.11. The lowest BCUT2D eigenvalue weighted by Crippen LogP contribution is -2.05. The molecule has 1 aromatic heterocycles. The van der Waals surface area contributed by atoms with Crippen LogP contribution >= 0.6 is 11.6 Å². The van der Waals surface area contributed by atoms with Crippen molar-refractivity contribution in [2.45, 2.75) is 13.3 Å². The zero-order valence-electron chi connectivity index (χ0n) is 8.86. The molecule has 0 fully saturated rings. The molecule has 0 spiro atoms. The summed E-state index contributed by atoms with van der Waals surface area (Å²) in [6.07, 6.45) is 0.701. The van der Waals surface area contributed by atoms with Gasteiger partial charge in [0, 0.05) is 12.5 Å². The van der Waals surface area contributed by atoms with Gasteiger partial charge in [-0.1, -0.05) is 17.2 Å². The number of carbonyl (C=O) groups is 1. The van der Waals surface area contributed by atoms with E-state index in [0.29, 0.717) is 13.0 Å². The molecule has 0 aromatic carbocycles. The Morgan fingerprint density at radius 3 is 2.88 bits per heavy atom. The fraction of sp³-hybridized carbons (Fsp3) is 0.273. The van der Waals surface area contributed by atoms with Gasteiger partial charge in [-0.05, 0) is 13.0 Å². The third-order valence-electron chi connectivity index (χ3n) is 1.80. The highest BCUT2D eigenvalue weighted by Crippen LogP contribution is 2.18. The first-order chi connectivity index (χ1) is 7.50. The average molecular weight is 242 g/mol. The monoisotopic (exact) mass is 241 g/mol.